The number of halogens is 4. The molecule has 0 aliphatic heterocycles. The summed E-state index contributed by atoms with van der Waals surface area (Å²) in [4.78, 5) is 0. The maximum atomic E-state index is 11.6. The molecule has 0 amide bonds. The van der Waals surface area contributed by atoms with Gasteiger partial charge in [-0.2, -0.15) is 0 Å². The fourth-order valence-corrected chi connectivity index (χ4v) is 1.35. The largest absolute Gasteiger partial charge is 0.522 e. The molecule has 0 saturated carbocycles. The van der Waals surface area contributed by atoms with Gasteiger partial charge >= 0.3 is 6.36 Å². The van der Waals surface area contributed by atoms with Crippen LogP contribution in [0.4, 0.5) is 13.2 Å². The number of benzene rings is 1. The van der Waals surface area contributed by atoms with Crippen molar-refractivity contribution >= 4 is 11.6 Å². The third kappa shape index (κ3) is 7.20. The molecule has 96 valence electrons. The molecule has 6 heteroatoms. The minimum absolute atomic E-state index is 0.313. The Bertz CT molecular complexity index is 326. The summed E-state index contributed by atoms with van der Waals surface area (Å²) in [5.41, 5.74) is 1.03. The van der Waals surface area contributed by atoms with E-state index in [1.165, 1.54) is 0 Å². The molecule has 0 fully saturated rings. The zero-order chi connectivity index (χ0) is 12.7. The Morgan fingerprint density at radius 3 is 2.41 bits per heavy atom. The van der Waals surface area contributed by atoms with Crippen molar-refractivity contribution in [3.05, 3.63) is 34.9 Å². The highest BCUT2D eigenvalue weighted by molar-refractivity contribution is 6.30. The summed E-state index contributed by atoms with van der Waals surface area (Å²) in [6, 6.07) is 7.26. The lowest BCUT2D eigenvalue weighted by Crippen LogP contribution is -2.19. The average molecular weight is 268 g/mol. The van der Waals surface area contributed by atoms with Crippen molar-refractivity contribution in [3.8, 4) is 0 Å². The number of ether oxygens (including phenoxy) is 1. The Balaban J connectivity index is 2.07. The molecule has 0 radical (unpaired) electrons. The van der Waals surface area contributed by atoms with Crippen LogP contribution in [-0.2, 0) is 11.3 Å². The van der Waals surface area contributed by atoms with Crippen LogP contribution in [-0.4, -0.2) is 19.5 Å². The van der Waals surface area contributed by atoms with Gasteiger partial charge in [-0.25, -0.2) is 0 Å². The van der Waals surface area contributed by atoms with Gasteiger partial charge in [0.1, 0.15) is 0 Å². The lowest BCUT2D eigenvalue weighted by atomic mass is 10.2. The second-order valence-electron chi connectivity index (χ2n) is 3.45. The van der Waals surface area contributed by atoms with Gasteiger partial charge in [-0.15, -0.1) is 13.2 Å². The van der Waals surface area contributed by atoms with E-state index in [1.54, 1.807) is 12.1 Å². The Morgan fingerprint density at radius 1 is 1.18 bits per heavy atom. The van der Waals surface area contributed by atoms with Gasteiger partial charge in [0.25, 0.3) is 0 Å². The predicted molar refractivity (Wildman–Crippen MR) is 59.8 cm³/mol. The molecule has 0 heterocycles. The van der Waals surface area contributed by atoms with Crippen LogP contribution in [0.2, 0.25) is 5.02 Å². The first-order chi connectivity index (χ1) is 7.97. The van der Waals surface area contributed by atoms with Crippen molar-refractivity contribution in [2.45, 2.75) is 19.3 Å². The van der Waals surface area contributed by atoms with E-state index in [4.69, 9.17) is 11.6 Å². The third-order valence-corrected chi connectivity index (χ3v) is 2.26. The van der Waals surface area contributed by atoms with Gasteiger partial charge < -0.3 is 5.32 Å². The Hall–Kier alpha value is -0.780. The van der Waals surface area contributed by atoms with Crippen molar-refractivity contribution in [2.75, 3.05) is 13.2 Å². The second-order valence-corrected chi connectivity index (χ2v) is 3.89. The van der Waals surface area contributed by atoms with E-state index in [0.29, 0.717) is 24.5 Å². The lowest BCUT2D eigenvalue weighted by Gasteiger charge is -2.08. The lowest BCUT2D eigenvalue weighted by molar-refractivity contribution is -0.324. The summed E-state index contributed by atoms with van der Waals surface area (Å²) < 4.78 is 38.5. The maximum absolute atomic E-state index is 11.6. The van der Waals surface area contributed by atoms with Crippen LogP contribution in [0.25, 0.3) is 0 Å². The van der Waals surface area contributed by atoms with Crippen molar-refractivity contribution in [2.24, 2.45) is 0 Å². The molecule has 0 spiro atoms. The van der Waals surface area contributed by atoms with Gasteiger partial charge in [0, 0.05) is 11.6 Å². The number of nitrogens with one attached hydrogen (secondary N) is 1. The van der Waals surface area contributed by atoms with Gasteiger partial charge in [0.05, 0.1) is 6.61 Å². The van der Waals surface area contributed by atoms with E-state index in [0.717, 1.165) is 5.56 Å². The Morgan fingerprint density at radius 2 is 1.82 bits per heavy atom. The molecule has 0 bridgehead atoms. The van der Waals surface area contributed by atoms with Gasteiger partial charge in [0.15, 0.2) is 0 Å². The van der Waals surface area contributed by atoms with Gasteiger partial charge in [-0.05, 0) is 30.7 Å². The van der Waals surface area contributed by atoms with Crippen molar-refractivity contribution < 1.29 is 17.9 Å². The molecular formula is C11H13ClF3NO. The minimum atomic E-state index is -4.53. The fourth-order valence-electron chi connectivity index (χ4n) is 1.22. The van der Waals surface area contributed by atoms with Crippen molar-refractivity contribution in [3.63, 3.8) is 0 Å². The summed E-state index contributed by atoms with van der Waals surface area (Å²) >= 11 is 5.71. The first kappa shape index (κ1) is 14.3. The summed E-state index contributed by atoms with van der Waals surface area (Å²) in [5.74, 6) is 0. The SMILES string of the molecule is FC(F)(F)OCCCNCc1ccc(Cl)cc1. The van der Waals surface area contributed by atoms with E-state index in [1.807, 2.05) is 12.1 Å². The molecule has 17 heavy (non-hydrogen) atoms. The maximum Gasteiger partial charge on any atom is 0.522 e. The van der Waals surface area contributed by atoms with Crippen LogP contribution in [0.15, 0.2) is 24.3 Å². The van der Waals surface area contributed by atoms with Crippen LogP contribution in [0.3, 0.4) is 0 Å². The van der Waals surface area contributed by atoms with Gasteiger partial charge in [-0.3, -0.25) is 4.74 Å². The molecule has 0 atom stereocenters. The standard InChI is InChI=1S/C11H13ClF3NO/c12-10-4-2-9(3-5-10)8-16-6-1-7-17-11(13,14)15/h2-5,16H,1,6-8H2. The summed E-state index contributed by atoms with van der Waals surface area (Å²) in [7, 11) is 0. The van der Waals surface area contributed by atoms with Crippen LogP contribution in [0.5, 0.6) is 0 Å². The van der Waals surface area contributed by atoms with Crippen molar-refractivity contribution in [1.82, 2.24) is 5.32 Å². The molecular weight excluding hydrogens is 255 g/mol. The van der Waals surface area contributed by atoms with Gasteiger partial charge in [0.2, 0.25) is 0 Å². The van der Waals surface area contributed by atoms with E-state index < -0.39 is 6.36 Å². The highest BCUT2D eigenvalue weighted by Gasteiger charge is 2.28. The van der Waals surface area contributed by atoms with E-state index >= 15 is 0 Å². The van der Waals surface area contributed by atoms with Gasteiger partial charge in [-0.1, -0.05) is 23.7 Å². The highest BCUT2D eigenvalue weighted by Crippen LogP contribution is 2.15. The summed E-state index contributed by atoms with van der Waals surface area (Å²) in [5, 5.41) is 3.68. The minimum Gasteiger partial charge on any atom is -0.313 e. The first-order valence-corrected chi connectivity index (χ1v) is 5.51. The zero-order valence-corrected chi connectivity index (χ0v) is 9.81. The van der Waals surface area contributed by atoms with Crippen molar-refractivity contribution in [1.29, 1.82) is 0 Å². The number of rotatable bonds is 6. The number of hydrogen-bond acceptors (Lipinski definition) is 2. The quantitative estimate of drug-likeness (QED) is 0.798. The molecule has 0 aliphatic rings. The topological polar surface area (TPSA) is 21.3 Å². The van der Waals surface area contributed by atoms with Crippen LogP contribution < -0.4 is 5.32 Å². The smallest absolute Gasteiger partial charge is 0.313 e. The zero-order valence-electron chi connectivity index (χ0n) is 9.06. The van der Waals surface area contributed by atoms with Crippen LogP contribution in [0, 0.1) is 0 Å². The predicted octanol–water partition coefficient (Wildman–Crippen LogP) is 3.36. The summed E-state index contributed by atoms with van der Waals surface area (Å²) in [6.07, 6.45) is -4.22. The fraction of sp³-hybridized carbons (Fsp3) is 0.455. The molecule has 0 saturated heterocycles. The number of alkyl halides is 3. The Kier molecular flexibility index (Phi) is 5.74. The molecule has 2 nitrogen and oxygen atoms in total. The van der Waals surface area contributed by atoms with Crippen LogP contribution in [0.1, 0.15) is 12.0 Å². The van der Waals surface area contributed by atoms with E-state index in [-0.39, 0.29) is 6.61 Å². The van der Waals surface area contributed by atoms with Crippen LogP contribution >= 0.6 is 11.6 Å². The average Bonchev–Trinajstić information content (AvgIpc) is 2.24. The first-order valence-electron chi connectivity index (χ1n) is 5.13. The molecule has 0 aliphatic carbocycles. The highest BCUT2D eigenvalue weighted by atomic mass is 35.5. The third-order valence-electron chi connectivity index (χ3n) is 2.01. The normalized spacial score (nSPS) is 11.8. The van der Waals surface area contributed by atoms with E-state index in [2.05, 4.69) is 10.1 Å². The molecule has 0 aromatic heterocycles. The molecule has 1 rings (SSSR count). The monoisotopic (exact) mass is 267 g/mol. The molecule has 1 N–H and O–H groups in total. The molecule has 0 unspecified atom stereocenters. The molecule has 1 aromatic rings. The molecule has 1 aromatic carbocycles. The second kappa shape index (κ2) is 6.83. The Labute approximate surface area is 103 Å². The number of hydrogen-bond donors (Lipinski definition) is 1. The van der Waals surface area contributed by atoms with E-state index in [9.17, 15) is 13.2 Å². The summed E-state index contributed by atoms with van der Waals surface area (Å²) in [6.45, 7) is 0.749.